The molecule has 0 nitrogen and oxygen atoms in total. The lowest BCUT2D eigenvalue weighted by Gasteiger charge is -2.13. The van der Waals surface area contributed by atoms with Crippen LogP contribution in [-0.2, 0) is 12.3 Å². The maximum atomic E-state index is 2.27. The molecule has 2 atom stereocenters. The Hall–Kier alpha value is -0.700. The van der Waals surface area contributed by atoms with Crippen molar-refractivity contribution in [3.05, 3.63) is 59.7 Å². The zero-order chi connectivity index (χ0) is 12.8. The number of hydrogen-bond donors (Lipinski definition) is 0. The fraction of sp³-hybridized carbons (Fsp3) is 0.250. The molecular weight excluding hydrogens is 254 g/mol. The van der Waals surface area contributed by atoms with Gasteiger partial charge < -0.3 is 0 Å². The average Bonchev–Trinajstić information content (AvgIpc) is 2.41. The molecule has 94 valence electrons. The molecule has 2 rings (SSSR count). The normalized spacial score (nSPS) is 11.9. The van der Waals surface area contributed by atoms with Gasteiger partial charge in [-0.1, -0.05) is 48.5 Å². The molecule has 0 N–H and O–H groups in total. The predicted molar refractivity (Wildman–Crippen MR) is 87.8 cm³/mol. The Morgan fingerprint density at radius 1 is 0.667 bits per heavy atom. The van der Waals surface area contributed by atoms with Gasteiger partial charge in [0.15, 0.2) is 0 Å². The highest BCUT2D eigenvalue weighted by Gasteiger charge is 2.07. The first-order valence-electron chi connectivity index (χ1n) is 6.32. The van der Waals surface area contributed by atoms with Gasteiger partial charge >= 0.3 is 0 Å². The van der Waals surface area contributed by atoms with Crippen LogP contribution in [0.1, 0.15) is 11.1 Å². The molecule has 2 aromatic rings. The molecule has 0 amide bonds. The summed E-state index contributed by atoms with van der Waals surface area (Å²) >= 11 is 0. The molecule has 2 unspecified atom stereocenters. The van der Waals surface area contributed by atoms with Crippen LogP contribution in [0.4, 0.5) is 0 Å². The summed E-state index contributed by atoms with van der Waals surface area (Å²) < 4.78 is 0. The van der Waals surface area contributed by atoms with Crippen molar-refractivity contribution in [3.8, 4) is 11.1 Å². The molecule has 0 aromatic heterocycles. The van der Waals surface area contributed by atoms with E-state index in [-0.39, 0.29) is 0 Å². The monoisotopic (exact) mass is 274 g/mol. The minimum atomic E-state index is 0.976. The molecule has 0 aliphatic heterocycles. The highest BCUT2D eigenvalue weighted by molar-refractivity contribution is 7.36. The first kappa shape index (κ1) is 13.7. The molecule has 0 aliphatic rings. The lowest BCUT2D eigenvalue weighted by Crippen LogP contribution is -1.91. The SMILES string of the molecule is CPCc1ccccc1-c1ccccc1CPC. The van der Waals surface area contributed by atoms with Gasteiger partial charge in [0.2, 0.25) is 0 Å². The first-order chi connectivity index (χ1) is 8.86. The lowest BCUT2D eigenvalue weighted by atomic mass is 9.97. The summed E-state index contributed by atoms with van der Waals surface area (Å²) in [5, 5.41) is 0. The van der Waals surface area contributed by atoms with E-state index in [2.05, 4.69) is 61.9 Å². The van der Waals surface area contributed by atoms with Crippen LogP contribution in [0.3, 0.4) is 0 Å². The van der Waals surface area contributed by atoms with E-state index in [0.29, 0.717) is 0 Å². The van der Waals surface area contributed by atoms with E-state index in [1.54, 1.807) is 0 Å². The standard InChI is InChI=1S/C16H20P2/c1-17-11-13-7-3-5-9-15(13)16-10-6-4-8-14(16)12-18-2/h3-10,17-18H,11-12H2,1-2H3. The Kier molecular flexibility index (Phi) is 5.36. The van der Waals surface area contributed by atoms with Gasteiger partial charge in [-0.15, -0.1) is 17.2 Å². The van der Waals surface area contributed by atoms with E-state index >= 15 is 0 Å². The molecule has 0 radical (unpaired) electrons. The van der Waals surface area contributed by atoms with Crippen LogP contribution in [0.25, 0.3) is 11.1 Å². The van der Waals surface area contributed by atoms with Crippen molar-refractivity contribution < 1.29 is 0 Å². The zero-order valence-electron chi connectivity index (χ0n) is 11.0. The minimum Gasteiger partial charge on any atom is -0.121 e. The topological polar surface area (TPSA) is 0 Å². The number of hydrogen-bond acceptors (Lipinski definition) is 0. The molecule has 0 saturated carbocycles. The lowest BCUT2D eigenvalue weighted by molar-refractivity contribution is 1.35. The summed E-state index contributed by atoms with van der Waals surface area (Å²) in [6, 6.07) is 17.7. The summed E-state index contributed by atoms with van der Waals surface area (Å²) in [6.07, 6.45) is 2.39. The molecule has 0 spiro atoms. The first-order valence-corrected chi connectivity index (χ1v) is 9.73. The second kappa shape index (κ2) is 7.03. The largest absolute Gasteiger partial charge is 0.121 e. The van der Waals surface area contributed by atoms with Crippen molar-refractivity contribution in [2.24, 2.45) is 0 Å². The summed E-state index contributed by atoms with van der Waals surface area (Å²) in [5.74, 6) is 0. The quantitative estimate of drug-likeness (QED) is 0.675. The third-order valence-corrected chi connectivity index (χ3v) is 4.53. The van der Waals surface area contributed by atoms with Crippen molar-refractivity contribution in [2.45, 2.75) is 12.3 Å². The molecule has 0 fully saturated rings. The van der Waals surface area contributed by atoms with Gasteiger partial charge in [-0.2, -0.15) is 0 Å². The third kappa shape index (κ3) is 3.19. The Labute approximate surface area is 114 Å². The van der Waals surface area contributed by atoms with E-state index in [1.165, 1.54) is 34.6 Å². The summed E-state index contributed by atoms with van der Waals surface area (Å²) in [5.41, 5.74) is 5.84. The summed E-state index contributed by atoms with van der Waals surface area (Å²) in [7, 11) is 1.95. The van der Waals surface area contributed by atoms with E-state index in [1.807, 2.05) is 0 Å². The number of rotatable bonds is 5. The minimum absolute atomic E-state index is 0.976. The molecule has 0 bridgehead atoms. The zero-order valence-corrected chi connectivity index (χ0v) is 13.0. The van der Waals surface area contributed by atoms with Gasteiger partial charge in [-0.3, -0.25) is 0 Å². The molecular formula is C16H20P2. The van der Waals surface area contributed by atoms with Crippen LogP contribution in [0.2, 0.25) is 0 Å². The van der Waals surface area contributed by atoms with Crippen molar-refractivity contribution >= 4 is 17.2 Å². The highest BCUT2D eigenvalue weighted by atomic mass is 31.1. The predicted octanol–water partition coefficient (Wildman–Crippen LogP) is 4.97. The summed E-state index contributed by atoms with van der Waals surface area (Å²) in [6.45, 7) is 4.55. The van der Waals surface area contributed by atoms with Crippen LogP contribution < -0.4 is 0 Å². The average molecular weight is 274 g/mol. The van der Waals surface area contributed by atoms with E-state index in [0.717, 1.165) is 17.2 Å². The van der Waals surface area contributed by atoms with E-state index < -0.39 is 0 Å². The maximum absolute atomic E-state index is 2.27. The second-order valence-corrected chi connectivity index (χ2v) is 6.50. The van der Waals surface area contributed by atoms with Crippen molar-refractivity contribution in [3.63, 3.8) is 0 Å². The van der Waals surface area contributed by atoms with Crippen molar-refractivity contribution in [2.75, 3.05) is 13.3 Å². The molecule has 2 aromatic carbocycles. The molecule has 0 aliphatic carbocycles. The van der Waals surface area contributed by atoms with Gasteiger partial charge in [0, 0.05) is 0 Å². The smallest absolute Gasteiger partial charge is 0.00969 e. The maximum Gasteiger partial charge on any atom is -0.00969 e. The second-order valence-electron chi connectivity index (χ2n) is 4.37. The van der Waals surface area contributed by atoms with Crippen LogP contribution in [0, 0.1) is 0 Å². The third-order valence-electron chi connectivity index (χ3n) is 3.06. The molecule has 18 heavy (non-hydrogen) atoms. The Balaban J connectivity index is 2.47. The van der Waals surface area contributed by atoms with Gasteiger partial charge in [-0.05, 0) is 47.9 Å². The Morgan fingerprint density at radius 2 is 1.06 bits per heavy atom. The van der Waals surface area contributed by atoms with Crippen LogP contribution in [-0.4, -0.2) is 13.3 Å². The van der Waals surface area contributed by atoms with Gasteiger partial charge in [0.25, 0.3) is 0 Å². The van der Waals surface area contributed by atoms with Crippen LogP contribution >= 0.6 is 17.2 Å². The van der Waals surface area contributed by atoms with Gasteiger partial charge in [0.1, 0.15) is 0 Å². The van der Waals surface area contributed by atoms with E-state index in [9.17, 15) is 0 Å². The fourth-order valence-electron chi connectivity index (χ4n) is 2.26. The Bertz CT molecular complexity index is 458. The van der Waals surface area contributed by atoms with Gasteiger partial charge in [0.05, 0.1) is 0 Å². The molecule has 2 heteroatoms. The number of benzene rings is 2. The van der Waals surface area contributed by atoms with Gasteiger partial charge in [-0.25, -0.2) is 0 Å². The van der Waals surface area contributed by atoms with Crippen LogP contribution in [0.15, 0.2) is 48.5 Å². The van der Waals surface area contributed by atoms with Crippen molar-refractivity contribution in [1.29, 1.82) is 0 Å². The molecule has 0 saturated heterocycles. The van der Waals surface area contributed by atoms with Crippen LogP contribution in [0.5, 0.6) is 0 Å². The highest BCUT2D eigenvalue weighted by Crippen LogP contribution is 2.32. The van der Waals surface area contributed by atoms with E-state index in [4.69, 9.17) is 0 Å². The fourth-order valence-corrected chi connectivity index (χ4v) is 3.63. The Morgan fingerprint density at radius 3 is 1.44 bits per heavy atom. The van der Waals surface area contributed by atoms with Crippen molar-refractivity contribution in [1.82, 2.24) is 0 Å². The summed E-state index contributed by atoms with van der Waals surface area (Å²) in [4.78, 5) is 0. The molecule has 0 heterocycles.